The molecule has 12 aromatic rings. The largest absolute Gasteiger partial charge is 0.493 e. The molecule has 37 heteroatoms. The molecular weight excluding hydrogens is 1780 g/mol. The van der Waals surface area contributed by atoms with Crippen molar-refractivity contribution in [1.29, 1.82) is 15.8 Å². The topological polar surface area (TPSA) is 515 Å². The zero-order chi connectivity index (χ0) is 94.4. The molecule has 16 heterocycles. The number of aromatic nitrogens is 6. The number of Topliss-reactive ketones (excluding diaryl/α,β-unsaturated/α-hetero) is 3. The van der Waals surface area contributed by atoms with Crippen LogP contribution in [0, 0.1) is 79.4 Å². The third kappa shape index (κ3) is 19.3. The fourth-order valence-corrected chi connectivity index (χ4v) is 23.5. The van der Waals surface area contributed by atoms with Crippen LogP contribution in [0.5, 0.6) is 17.2 Å². The summed E-state index contributed by atoms with van der Waals surface area (Å²) in [6, 6.07) is 31.8. The number of anilines is 8. The lowest BCUT2D eigenvalue weighted by atomic mass is 9.84. The number of hydrogen-bond donors (Lipinski definition) is 9. The number of thiophene rings is 4. The number of fused-ring (bicyclic) bond motifs is 8. The van der Waals surface area contributed by atoms with E-state index in [1.54, 1.807) is 34.6 Å². The number of hydrogen-bond acceptors (Lipinski definition) is 36. The zero-order valence-corrected chi connectivity index (χ0v) is 79.1. The summed E-state index contributed by atoms with van der Waals surface area (Å²) < 4.78 is 40.0. The van der Waals surface area contributed by atoms with Crippen LogP contribution in [0.3, 0.4) is 0 Å². The molecule has 4 fully saturated rings. The molecule has 20 rings (SSSR count). The lowest BCUT2D eigenvalue weighted by Crippen LogP contribution is -2.39. The fraction of sp³-hybridized carbons (Fsp3) is 0.412. The number of rotatable bonds is 19. The van der Waals surface area contributed by atoms with Crippen LogP contribution in [0.1, 0.15) is 132 Å². The minimum Gasteiger partial charge on any atom is -0.493 e. The quantitative estimate of drug-likeness (QED) is 0.0340. The van der Waals surface area contributed by atoms with Gasteiger partial charge >= 0.3 is 0 Å². The van der Waals surface area contributed by atoms with E-state index in [0.717, 1.165) is 141 Å². The van der Waals surface area contributed by atoms with Gasteiger partial charge in [-0.05, 0) is 143 Å². The number of nitrogen functional groups attached to an aromatic ring is 4. The molecule has 12 atom stereocenters. The second-order valence-corrected chi connectivity index (χ2v) is 39.8. The summed E-state index contributed by atoms with van der Waals surface area (Å²) in [4.78, 5) is 92.8. The highest BCUT2D eigenvalue weighted by molar-refractivity contribution is 7.22. The minimum absolute atomic E-state index is 0.00370. The Morgan fingerprint density at radius 2 is 0.843 bits per heavy atom. The van der Waals surface area contributed by atoms with Crippen LogP contribution < -0.4 is 85.0 Å². The van der Waals surface area contributed by atoms with Crippen LogP contribution in [0.4, 0.5) is 45.6 Å². The number of benzene rings is 3. The summed E-state index contributed by atoms with van der Waals surface area (Å²) in [6.45, 7) is 14.2. The molecule has 0 saturated carbocycles. The number of ketones is 3. The summed E-state index contributed by atoms with van der Waals surface area (Å²) in [6.07, 6.45) is 8.57. The van der Waals surface area contributed by atoms with Gasteiger partial charge in [0.05, 0.1) is 145 Å². The third-order valence-corrected chi connectivity index (χ3v) is 31.0. The SMILES string of the molecule is CO[C@H]1CN(c2cc3c(cc2C#N)C[C@@H](CC(=O)c2sc4nc(C)ccc4c2N)CO3)C[C@@H]1N.CO[C@H]1CN(c2cc3c(cc2C#N)C[C@@H](CC(=O)c2sc4nc(C)cnc4c2N)CO3)C[C@@H]1N.CO[C@H]1CN(c2cc3c(cn2)C[C@@H](CC(=O)c2sc4nc(C)ccc4c2N)CO3)C[C@@H]1N.CO[C@H]1CN(c2ccc3c(c2C#N)CC[C@H](NC(=O)c2sc4nc(C)ccc4c2N)C3)C[C@@H]1N. The van der Waals surface area contributed by atoms with E-state index in [0.29, 0.717) is 180 Å². The first-order valence-electron chi connectivity index (χ1n) is 44.7. The van der Waals surface area contributed by atoms with Crippen molar-refractivity contribution in [2.75, 3.05) is 143 Å². The minimum atomic E-state index is -0.166. The van der Waals surface area contributed by atoms with Gasteiger partial charge in [0.15, 0.2) is 17.3 Å². The van der Waals surface area contributed by atoms with Crippen molar-refractivity contribution in [3.63, 3.8) is 0 Å². The predicted molar refractivity (Wildman–Crippen MR) is 523 cm³/mol. The van der Waals surface area contributed by atoms with E-state index in [-0.39, 0.29) is 95.6 Å². The third-order valence-electron chi connectivity index (χ3n) is 26.5. The number of carbonyl (C=O) groups excluding carboxylic acids is 4. The predicted octanol–water partition coefficient (Wildman–Crippen LogP) is 10.6. The van der Waals surface area contributed by atoms with E-state index in [1.165, 1.54) is 45.3 Å². The van der Waals surface area contributed by atoms with Gasteiger partial charge in [0.2, 0.25) is 0 Å². The smallest absolute Gasteiger partial charge is 0.263 e. The summed E-state index contributed by atoms with van der Waals surface area (Å²) in [7, 11) is 6.66. The van der Waals surface area contributed by atoms with Crippen LogP contribution in [-0.4, -0.2) is 208 Å². The number of carbonyl (C=O) groups is 4. The van der Waals surface area contributed by atoms with Crippen molar-refractivity contribution >= 4 is 155 Å². The van der Waals surface area contributed by atoms with E-state index in [4.69, 9.17) is 79.0 Å². The molecule has 9 aromatic heterocycles. The number of methoxy groups -OCH3 is 4. The fourth-order valence-electron chi connectivity index (χ4n) is 19.2. The number of aryl methyl sites for hydroxylation is 4. The summed E-state index contributed by atoms with van der Waals surface area (Å²) in [5.74, 6) is 3.10. The average molecular weight is 1890 g/mol. The first-order chi connectivity index (χ1) is 64.6. The molecule has 7 aliphatic heterocycles. The highest BCUT2D eigenvalue weighted by Gasteiger charge is 2.40. The average Bonchev–Trinajstić information content (AvgIpc) is 1.23. The second kappa shape index (κ2) is 39.7. The van der Waals surface area contributed by atoms with Gasteiger partial charge in [-0.25, -0.2) is 29.9 Å². The highest BCUT2D eigenvalue weighted by atomic mass is 32.1. The number of nitriles is 3. The van der Waals surface area contributed by atoms with Gasteiger partial charge in [0.1, 0.15) is 71.0 Å². The van der Waals surface area contributed by atoms with Crippen LogP contribution in [-0.2, 0) is 51.1 Å². The van der Waals surface area contributed by atoms with Crippen molar-refractivity contribution in [3.05, 3.63) is 178 Å². The molecule has 1 aliphatic carbocycles. The maximum Gasteiger partial charge on any atom is 0.263 e. The molecular formula is C97H108N22O11S4. The Kier molecular flexibility index (Phi) is 27.6. The van der Waals surface area contributed by atoms with Gasteiger partial charge in [0, 0.05) is 193 Å². The molecule has 33 nitrogen and oxygen atoms in total. The van der Waals surface area contributed by atoms with Crippen molar-refractivity contribution in [2.45, 2.75) is 140 Å². The first-order valence-corrected chi connectivity index (χ1v) is 47.9. The summed E-state index contributed by atoms with van der Waals surface area (Å²) in [5.41, 5.74) is 65.1. The Labute approximate surface area is 790 Å². The standard InChI is InChI=1S/C25H28N6O2S.C25H27N5O3S.C24H26N6O3S.C23H27N5O3S/c1-13-3-6-17-22(28)23(34-25(17)29-13)24(32)30-15-5-7-16-14(9-15)4-8-20(18(16)10-26)31-11-19(27)21(12-31)33-2;1-13-3-4-17-23(28)24(34-25(17)29-13)20(31)6-14-5-15-7-16(9-26)19(8-21(15)33-12-14)30-10-18(27)22(11-30)32-2;1-12-8-28-22-21(27)23(34-24(22)29-12)18(31)4-13-3-14-5-15(7-25)17(6-19(14)33-11-13)30-9-16(26)20(10-30)32-2;1-12-3-4-15-21(25)22(32-23(15)27-12)17(29)6-13-5-14-8-26-20(7-18(14)31-11-13)28-9-16(24)19(10-28)30-2/h3-4,6,8,15,19,21H,5,7,9,11-12,27-28H2,1-2H3,(H,30,32);3-4,7-8,14,18,22H,5-6,10-12,27-28H2,1-2H3;5-6,8,13,16,20H,3-4,9-11,26-27H2,1-2H3;3-4,7-8,13,16,19H,5-6,9-11,24-25H2,1-2H3/t15-,19-,21-;14-,18-,22-;13-,16-,20-;13-,16-,19-/m0000/s1. The number of nitrogens with one attached hydrogen (secondary N) is 1. The second-order valence-electron chi connectivity index (χ2n) is 35.8. The molecule has 0 spiro atoms. The monoisotopic (exact) mass is 1880 g/mol. The number of amides is 1. The normalized spacial score (nSPS) is 22.1. The van der Waals surface area contributed by atoms with E-state index in [9.17, 15) is 35.0 Å². The molecule has 0 radical (unpaired) electrons. The Hall–Kier alpha value is -12.4. The molecule has 1 amide bonds. The van der Waals surface area contributed by atoms with Crippen LogP contribution in [0.15, 0.2) is 91.3 Å². The maximum absolute atomic E-state index is 13.1. The molecule has 3 aromatic carbocycles. The Morgan fingerprint density at radius 3 is 1.29 bits per heavy atom. The Balaban J connectivity index is 0.000000124. The lowest BCUT2D eigenvalue weighted by molar-refractivity contribution is 0.0930. The number of ether oxygens (including phenoxy) is 7. The van der Waals surface area contributed by atoms with Crippen LogP contribution in [0.2, 0.25) is 0 Å². The molecule has 696 valence electrons. The number of nitrogens with two attached hydrogens (primary N) is 8. The number of nitrogens with zero attached hydrogens (tertiary/aromatic N) is 13. The van der Waals surface area contributed by atoms with E-state index < -0.39 is 0 Å². The van der Waals surface area contributed by atoms with Crippen molar-refractivity contribution in [1.82, 2.24) is 35.2 Å². The lowest BCUT2D eigenvalue weighted by Gasteiger charge is -2.29. The summed E-state index contributed by atoms with van der Waals surface area (Å²) in [5, 5.41) is 35.2. The van der Waals surface area contributed by atoms with Gasteiger partial charge in [-0.2, -0.15) is 15.8 Å². The van der Waals surface area contributed by atoms with Gasteiger partial charge in [-0.3, -0.25) is 19.2 Å². The van der Waals surface area contributed by atoms with Gasteiger partial charge < -0.3 is 104 Å². The van der Waals surface area contributed by atoms with Crippen LogP contribution in [0.25, 0.3) is 41.0 Å². The molecule has 0 unspecified atom stereocenters. The van der Waals surface area contributed by atoms with Gasteiger partial charge in [-0.15, -0.1) is 45.3 Å². The van der Waals surface area contributed by atoms with Crippen molar-refractivity contribution in [2.24, 2.45) is 40.7 Å². The van der Waals surface area contributed by atoms with Crippen LogP contribution >= 0.6 is 45.3 Å². The molecule has 134 heavy (non-hydrogen) atoms. The van der Waals surface area contributed by atoms with Crippen molar-refractivity contribution in [3.8, 4) is 35.5 Å². The molecule has 8 aliphatic rings. The Bertz CT molecular complexity index is 6320. The van der Waals surface area contributed by atoms with Crippen molar-refractivity contribution < 1.29 is 52.3 Å². The van der Waals surface area contributed by atoms with Gasteiger partial charge in [-0.1, -0.05) is 6.07 Å². The summed E-state index contributed by atoms with van der Waals surface area (Å²) >= 11 is 5.34. The number of pyridine rings is 4. The molecule has 4 saturated heterocycles. The highest BCUT2D eigenvalue weighted by Crippen LogP contribution is 2.45. The maximum atomic E-state index is 13.1. The van der Waals surface area contributed by atoms with E-state index >= 15 is 0 Å². The van der Waals surface area contributed by atoms with Gasteiger partial charge in [0.25, 0.3) is 5.91 Å². The Morgan fingerprint density at radius 1 is 0.440 bits per heavy atom. The van der Waals surface area contributed by atoms with E-state index in [2.05, 4.69) is 79.1 Å². The first kappa shape index (κ1) is 93.4. The molecule has 17 N–H and O–H groups in total. The zero-order valence-electron chi connectivity index (χ0n) is 75.8. The molecule has 0 bridgehead atoms. The van der Waals surface area contributed by atoms with E-state index in [1.807, 2.05) is 107 Å².